The number of nitrogens with zero attached hydrogens (tertiary/aromatic N) is 1. The number of nitrogens with two attached hydrogens (primary N) is 1. The van der Waals surface area contributed by atoms with E-state index in [2.05, 4.69) is 5.43 Å². The van der Waals surface area contributed by atoms with Crippen molar-refractivity contribution in [2.75, 3.05) is 18.5 Å². The number of benzene rings is 1. The van der Waals surface area contributed by atoms with Crippen LogP contribution in [0.25, 0.3) is 0 Å². The summed E-state index contributed by atoms with van der Waals surface area (Å²) in [6.07, 6.45) is 1.22. The predicted molar refractivity (Wildman–Crippen MR) is 70.0 cm³/mol. The molecule has 5 heteroatoms. The van der Waals surface area contributed by atoms with Crippen LogP contribution in [0.2, 0.25) is 0 Å². The number of hydrogen-bond donors (Lipinski definition) is 3. The van der Waals surface area contributed by atoms with Crippen LogP contribution in [-0.2, 0) is 0 Å². The van der Waals surface area contributed by atoms with Gasteiger partial charge in [0.25, 0.3) is 5.91 Å². The molecule has 5 nitrogen and oxygen atoms in total. The quantitative estimate of drug-likeness (QED) is 0.539. The largest absolute Gasteiger partial charge is 0.390 e. The summed E-state index contributed by atoms with van der Waals surface area (Å²) in [6.45, 7) is 2.96. The Morgan fingerprint density at radius 2 is 2.00 bits per heavy atom. The third-order valence-corrected chi connectivity index (χ3v) is 3.44. The molecule has 1 aliphatic rings. The molecule has 0 spiro atoms. The first-order valence-corrected chi connectivity index (χ1v) is 6.11. The molecular formula is C13H19N3O2. The molecule has 1 saturated heterocycles. The number of nitrogens with one attached hydrogen (secondary N) is 1. The molecule has 0 radical (unpaired) electrons. The summed E-state index contributed by atoms with van der Waals surface area (Å²) < 4.78 is 0. The first-order chi connectivity index (χ1) is 8.53. The zero-order valence-electron chi connectivity index (χ0n) is 10.5. The zero-order valence-corrected chi connectivity index (χ0v) is 10.5. The van der Waals surface area contributed by atoms with Gasteiger partial charge in [-0.1, -0.05) is 12.1 Å². The second kappa shape index (κ2) is 4.96. The maximum atomic E-state index is 12.3. The second-order valence-corrected chi connectivity index (χ2v) is 4.98. The molecule has 18 heavy (non-hydrogen) atoms. The van der Waals surface area contributed by atoms with Crippen molar-refractivity contribution in [2.24, 2.45) is 5.84 Å². The van der Waals surface area contributed by atoms with Crippen molar-refractivity contribution in [2.45, 2.75) is 25.4 Å². The van der Waals surface area contributed by atoms with Crippen LogP contribution in [0.5, 0.6) is 0 Å². The molecule has 98 valence electrons. The number of para-hydroxylation sites is 1. The molecule has 2 rings (SSSR count). The molecule has 1 heterocycles. The van der Waals surface area contributed by atoms with Crippen molar-refractivity contribution in [1.82, 2.24) is 4.90 Å². The number of likely N-dealkylation sites (tertiary alicyclic amines) is 1. The molecule has 1 fully saturated rings. The Balaban J connectivity index is 2.13. The number of aliphatic hydroxyl groups is 1. The fourth-order valence-corrected chi connectivity index (χ4v) is 2.16. The lowest BCUT2D eigenvalue weighted by molar-refractivity contribution is -0.00199. The fraction of sp³-hybridized carbons (Fsp3) is 0.462. The lowest BCUT2D eigenvalue weighted by Gasteiger charge is -2.36. The summed E-state index contributed by atoms with van der Waals surface area (Å²) in [5.41, 5.74) is 3.08. The molecule has 1 amide bonds. The summed E-state index contributed by atoms with van der Waals surface area (Å²) in [4.78, 5) is 14.1. The minimum Gasteiger partial charge on any atom is -0.390 e. The van der Waals surface area contributed by atoms with Gasteiger partial charge in [0.15, 0.2) is 0 Å². The van der Waals surface area contributed by atoms with Gasteiger partial charge >= 0.3 is 0 Å². The van der Waals surface area contributed by atoms with Gasteiger partial charge in [0.05, 0.1) is 16.9 Å². The summed E-state index contributed by atoms with van der Waals surface area (Å²) in [5, 5.41) is 9.88. The zero-order chi connectivity index (χ0) is 13.2. The SMILES string of the molecule is CC1(O)CCN(C(=O)c2ccccc2NN)CC1. The molecule has 1 aromatic carbocycles. The number of amides is 1. The monoisotopic (exact) mass is 249 g/mol. The molecular weight excluding hydrogens is 230 g/mol. The topological polar surface area (TPSA) is 78.6 Å². The van der Waals surface area contributed by atoms with Gasteiger partial charge in [-0.2, -0.15) is 0 Å². The van der Waals surface area contributed by atoms with Crippen LogP contribution < -0.4 is 11.3 Å². The highest BCUT2D eigenvalue weighted by Gasteiger charge is 2.30. The van der Waals surface area contributed by atoms with Crippen molar-refractivity contribution in [3.63, 3.8) is 0 Å². The van der Waals surface area contributed by atoms with E-state index < -0.39 is 5.60 Å². The van der Waals surface area contributed by atoms with E-state index in [0.717, 1.165) is 0 Å². The minimum atomic E-state index is -0.650. The Labute approximate surface area is 107 Å². The number of hydrogen-bond acceptors (Lipinski definition) is 4. The van der Waals surface area contributed by atoms with Crippen LogP contribution in [0.3, 0.4) is 0 Å². The highest BCUT2D eigenvalue weighted by atomic mass is 16.3. The number of nitrogen functional groups attached to an aromatic ring is 1. The lowest BCUT2D eigenvalue weighted by atomic mass is 9.93. The van der Waals surface area contributed by atoms with E-state index in [1.807, 2.05) is 19.1 Å². The first-order valence-electron chi connectivity index (χ1n) is 6.11. The van der Waals surface area contributed by atoms with Crippen LogP contribution in [0.15, 0.2) is 24.3 Å². The molecule has 0 bridgehead atoms. The lowest BCUT2D eigenvalue weighted by Crippen LogP contribution is -2.45. The number of piperidine rings is 1. The van der Waals surface area contributed by atoms with Gasteiger partial charge in [-0.15, -0.1) is 0 Å². The van der Waals surface area contributed by atoms with Crippen LogP contribution >= 0.6 is 0 Å². The number of hydrazine groups is 1. The molecule has 0 atom stereocenters. The van der Waals surface area contributed by atoms with Crippen molar-refractivity contribution < 1.29 is 9.90 Å². The van der Waals surface area contributed by atoms with Crippen LogP contribution in [-0.4, -0.2) is 34.6 Å². The van der Waals surface area contributed by atoms with Gasteiger partial charge in [-0.25, -0.2) is 0 Å². The van der Waals surface area contributed by atoms with Crippen molar-refractivity contribution in [3.05, 3.63) is 29.8 Å². The number of carbonyl (C=O) groups excluding carboxylic acids is 1. The Morgan fingerprint density at radius 3 is 2.61 bits per heavy atom. The molecule has 4 N–H and O–H groups in total. The molecule has 1 aromatic rings. The Morgan fingerprint density at radius 1 is 1.39 bits per heavy atom. The molecule has 0 aromatic heterocycles. The Kier molecular flexibility index (Phi) is 3.54. The Hall–Kier alpha value is -1.59. The summed E-state index contributed by atoms with van der Waals surface area (Å²) in [6, 6.07) is 7.17. The molecule has 0 aliphatic carbocycles. The second-order valence-electron chi connectivity index (χ2n) is 4.98. The van der Waals surface area contributed by atoms with Gasteiger partial charge in [-0.05, 0) is 31.9 Å². The molecule has 0 saturated carbocycles. The van der Waals surface area contributed by atoms with E-state index in [1.165, 1.54) is 0 Å². The Bertz CT molecular complexity index is 436. The van der Waals surface area contributed by atoms with Crippen molar-refractivity contribution in [1.29, 1.82) is 0 Å². The van der Waals surface area contributed by atoms with E-state index in [4.69, 9.17) is 5.84 Å². The van der Waals surface area contributed by atoms with Crippen molar-refractivity contribution in [3.8, 4) is 0 Å². The van der Waals surface area contributed by atoms with E-state index in [0.29, 0.717) is 37.2 Å². The third-order valence-electron chi connectivity index (χ3n) is 3.44. The first kappa shape index (κ1) is 12.9. The van der Waals surface area contributed by atoms with E-state index in [9.17, 15) is 9.90 Å². The van der Waals surface area contributed by atoms with E-state index in [1.54, 1.807) is 17.0 Å². The van der Waals surface area contributed by atoms with E-state index in [-0.39, 0.29) is 5.91 Å². The van der Waals surface area contributed by atoms with Gasteiger partial charge in [0, 0.05) is 13.1 Å². The average molecular weight is 249 g/mol. The maximum Gasteiger partial charge on any atom is 0.256 e. The highest BCUT2D eigenvalue weighted by Crippen LogP contribution is 2.24. The smallest absolute Gasteiger partial charge is 0.256 e. The number of carbonyl (C=O) groups is 1. The van der Waals surface area contributed by atoms with Crippen LogP contribution in [0.4, 0.5) is 5.69 Å². The van der Waals surface area contributed by atoms with Crippen molar-refractivity contribution >= 4 is 11.6 Å². The number of anilines is 1. The van der Waals surface area contributed by atoms with Crippen LogP contribution in [0.1, 0.15) is 30.1 Å². The van der Waals surface area contributed by atoms with Gasteiger partial charge in [0.2, 0.25) is 0 Å². The third kappa shape index (κ3) is 2.63. The van der Waals surface area contributed by atoms with Crippen LogP contribution in [0, 0.1) is 0 Å². The summed E-state index contributed by atoms with van der Waals surface area (Å²) >= 11 is 0. The molecule has 0 unspecified atom stereocenters. The molecule has 1 aliphatic heterocycles. The van der Waals surface area contributed by atoms with E-state index >= 15 is 0 Å². The predicted octanol–water partition coefficient (Wildman–Crippen LogP) is 0.959. The average Bonchev–Trinajstić information content (AvgIpc) is 2.38. The fourth-order valence-electron chi connectivity index (χ4n) is 2.16. The van der Waals surface area contributed by atoms with Gasteiger partial charge in [-0.3, -0.25) is 10.6 Å². The van der Waals surface area contributed by atoms with Gasteiger partial charge < -0.3 is 15.4 Å². The normalized spacial score (nSPS) is 18.5. The number of rotatable bonds is 2. The van der Waals surface area contributed by atoms with Gasteiger partial charge in [0.1, 0.15) is 0 Å². The summed E-state index contributed by atoms with van der Waals surface area (Å²) in [5.74, 6) is 5.36. The standard InChI is InChI=1S/C13H19N3O2/c1-13(18)6-8-16(9-7-13)12(17)10-4-2-3-5-11(10)15-14/h2-5,15,18H,6-9,14H2,1H3. The minimum absolute atomic E-state index is 0.0425. The summed E-state index contributed by atoms with van der Waals surface area (Å²) in [7, 11) is 0. The maximum absolute atomic E-state index is 12.3. The highest BCUT2D eigenvalue weighted by molar-refractivity contribution is 5.99.